The van der Waals surface area contributed by atoms with Gasteiger partial charge < -0.3 is 34.6 Å². The van der Waals surface area contributed by atoms with Gasteiger partial charge in [-0.15, -0.1) is 0 Å². The van der Waals surface area contributed by atoms with Crippen LogP contribution in [0.5, 0.6) is 11.5 Å². The summed E-state index contributed by atoms with van der Waals surface area (Å²) in [5.41, 5.74) is 9.63. The molecule has 4 unspecified atom stereocenters. The van der Waals surface area contributed by atoms with Crippen molar-refractivity contribution in [2.45, 2.75) is 37.8 Å². The number of benzene rings is 1. The summed E-state index contributed by atoms with van der Waals surface area (Å²) in [5, 5.41) is 3.30. The second-order valence-corrected chi connectivity index (χ2v) is 9.58. The molecule has 0 saturated carbocycles. The number of nitrogens with one attached hydrogen (secondary N) is 3. The summed E-state index contributed by atoms with van der Waals surface area (Å²) < 4.78 is 22.7. The van der Waals surface area contributed by atoms with Crippen molar-refractivity contribution in [1.29, 1.82) is 0 Å². The number of carbonyl (C=O) groups excluding carboxylic acids is 1. The van der Waals surface area contributed by atoms with Crippen molar-refractivity contribution in [3.05, 3.63) is 40.9 Å². The first-order valence-electron chi connectivity index (χ1n) is 12.2. The van der Waals surface area contributed by atoms with Crippen molar-refractivity contribution in [2.24, 2.45) is 11.8 Å². The molecule has 3 N–H and O–H groups in total. The Labute approximate surface area is 199 Å². The van der Waals surface area contributed by atoms with Crippen LogP contribution in [0.15, 0.2) is 35.3 Å². The van der Waals surface area contributed by atoms with E-state index in [9.17, 15) is 4.79 Å². The van der Waals surface area contributed by atoms with Crippen LogP contribution in [0.2, 0.25) is 0 Å². The van der Waals surface area contributed by atoms with Gasteiger partial charge in [-0.25, -0.2) is 5.43 Å². The second-order valence-electron chi connectivity index (χ2n) is 9.58. The molecule has 9 heteroatoms. The van der Waals surface area contributed by atoms with Crippen LogP contribution in [0.3, 0.4) is 0 Å². The van der Waals surface area contributed by atoms with Crippen molar-refractivity contribution >= 4 is 11.6 Å². The van der Waals surface area contributed by atoms with Gasteiger partial charge in [-0.05, 0) is 56.6 Å². The molecule has 2 saturated heterocycles. The van der Waals surface area contributed by atoms with E-state index in [1.54, 1.807) is 14.2 Å². The first kappa shape index (κ1) is 21.6. The number of rotatable bonds is 5. The molecule has 1 aliphatic carbocycles. The topological polar surface area (TPSA) is 93.3 Å². The third-order valence-electron chi connectivity index (χ3n) is 7.80. The van der Waals surface area contributed by atoms with Crippen LogP contribution in [0.1, 0.15) is 37.3 Å². The van der Waals surface area contributed by atoms with Crippen molar-refractivity contribution in [2.75, 3.05) is 46.1 Å². The maximum absolute atomic E-state index is 13.7. The molecule has 0 bridgehead atoms. The molecule has 4 heterocycles. The second kappa shape index (κ2) is 8.70. The summed E-state index contributed by atoms with van der Waals surface area (Å²) in [6.45, 7) is 3.40. The van der Waals surface area contributed by atoms with Gasteiger partial charge >= 0.3 is 0 Å². The van der Waals surface area contributed by atoms with Gasteiger partial charge in [0, 0.05) is 17.5 Å². The molecule has 4 atom stereocenters. The number of carbonyl (C=O) groups is 1. The van der Waals surface area contributed by atoms with Gasteiger partial charge in [-0.1, -0.05) is 6.42 Å². The van der Waals surface area contributed by atoms with Gasteiger partial charge in [0.2, 0.25) is 12.7 Å². The highest BCUT2D eigenvalue weighted by Gasteiger charge is 2.50. The molecule has 6 rings (SSSR count). The first-order chi connectivity index (χ1) is 16.7. The molecule has 1 aromatic rings. The van der Waals surface area contributed by atoms with Gasteiger partial charge in [0.15, 0.2) is 17.3 Å². The van der Waals surface area contributed by atoms with Crippen molar-refractivity contribution < 1.29 is 23.7 Å². The van der Waals surface area contributed by atoms with Crippen LogP contribution in [0.25, 0.3) is 0 Å². The van der Waals surface area contributed by atoms with Crippen LogP contribution in [-0.2, 0) is 14.3 Å². The fourth-order valence-electron chi connectivity index (χ4n) is 6.13. The van der Waals surface area contributed by atoms with Gasteiger partial charge in [0.05, 0.1) is 37.9 Å². The van der Waals surface area contributed by atoms with Gasteiger partial charge in [-0.2, -0.15) is 0 Å². The Hall–Kier alpha value is -2.91. The first-order valence-corrected chi connectivity index (χ1v) is 12.2. The lowest BCUT2D eigenvalue weighted by Crippen LogP contribution is -2.59. The number of piperidine rings is 2. The van der Waals surface area contributed by atoms with E-state index in [1.807, 2.05) is 18.2 Å². The molecule has 1 aromatic carbocycles. The summed E-state index contributed by atoms with van der Waals surface area (Å²) in [5.74, 6) is 2.49. The molecule has 0 radical (unpaired) electrons. The molecule has 182 valence electrons. The van der Waals surface area contributed by atoms with Crippen LogP contribution >= 0.6 is 0 Å². The van der Waals surface area contributed by atoms with Crippen LogP contribution in [-0.4, -0.2) is 57.5 Å². The average Bonchev–Trinajstić information content (AvgIpc) is 3.33. The minimum absolute atomic E-state index is 0.0214. The summed E-state index contributed by atoms with van der Waals surface area (Å²) in [4.78, 5) is 16.2. The Balaban J connectivity index is 1.33. The van der Waals surface area contributed by atoms with Gasteiger partial charge in [-0.3, -0.25) is 4.79 Å². The lowest BCUT2D eigenvalue weighted by atomic mass is 9.70. The number of allylic oxidation sites excluding steroid dienone is 2. The Kier molecular flexibility index (Phi) is 5.53. The number of hydrogen-bond acceptors (Lipinski definition) is 8. The highest BCUT2D eigenvalue weighted by atomic mass is 16.7. The van der Waals surface area contributed by atoms with E-state index >= 15 is 0 Å². The number of amides is 1. The number of hydrazine groups is 1. The number of hydrogen-bond donors (Lipinski definition) is 3. The molecule has 4 aliphatic heterocycles. The number of anilines is 1. The fourth-order valence-corrected chi connectivity index (χ4v) is 6.13. The largest absolute Gasteiger partial charge is 0.497 e. The highest BCUT2D eigenvalue weighted by Crippen LogP contribution is 2.48. The summed E-state index contributed by atoms with van der Waals surface area (Å²) >= 11 is 0. The summed E-state index contributed by atoms with van der Waals surface area (Å²) in [7, 11) is 3.33. The van der Waals surface area contributed by atoms with E-state index in [4.69, 9.17) is 18.9 Å². The lowest BCUT2D eigenvalue weighted by Gasteiger charge is -2.47. The Morgan fingerprint density at radius 3 is 2.62 bits per heavy atom. The monoisotopic (exact) mass is 468 g/mol. The molecule has 1 amide bonds. The number of ether oxygens (including phenoxy) is 4. The zero-order chi connectivity index (χ0) is 23.2. The van der Waals surface area contributed by atoms with Crippen molar-refractivity contribution in [1.82, 2.24) is 15.6 Å². The fraction of sp³-hybridized carbons (Fsp3) is 0.560. The molecule has 9 nitrogen and oxygen atoms in total. The zero-order valence-corrected chi connectivity index (χ0v) is 19.7. The zero-order valence-electron chi connectivity index (χ0n) is 19.7. The molecular formula is C25H32N4O5. The molecular weight excluding hydrogens is 436 g/mol. The van der Waals surface area contributed by atoms with E-state index in [-0.39, 0.29) is 36.6 Å². The van der Waals surface area contributed by atoms with E-state index in [2.05, 4.69) is 21.1 Å². The Bertz CT molecular complexity index is 1050. The maximum atomic E-state index is 13.7. The number of fused-ring (bicyclic) bond motifs is 6. The van der Waals surface area contributed by atoms with Crippen LogP contribution in [0.4, 0.5) is 5.69 Å². The molecule has 2 fully saturated rings. The predicted molar refractivity (Wildman–Crippen MR) is 125 cm³/mol. The summed E-state index contributed by atoms with van der Waals surface area (Å²) in [6.07, 6.45) is 6.62. The maximum Gasteiger partial charge on any atom is 0.231 e. The van der Waals surface area contributed by atoms with Crippen molar-refractivity contribution in [3.8, 4) is 11.5 Å². The Morgan fingerprint density at radius 1 is 1.06 bits per heavy atom. The number of nitrogens with zero attached hydrogens (tertiary/aromatic N) is 1. The van der Waals surface area contributed by atoms with E-state index < -0.39 is 0 Å². The minimum Gasteiger partial charge on any atom is -0.497 e. The summed E-state index contributed by atoms with van der Waals surface area (Å²) in [6, 6.07) is 3.52. The smallest absolute Gasteiger partial charge is 0.231 e. The number of likely N-dealkylation sites (tertiary alicyclic amines) is 1. The Morgan fingerprint density at radius 2 is 1.85 bits per heavy atom. The molecule has 34 heavy (non-hydrogen) atoms. The average molecular weight is 469 g/mol. The third kappa shape index (κ3) is 3.49. The van der Waals surface area contributed by atoms with E-state index in [1.165, 1.54) is 19.3 Å². The van der Waals surface area contributed by atoms with E-state index in [0.29, 0.717) is 17.3 Å². The molecule has 5 aliphatic rings. The number of methoxy groups -OCH3 is 2. The van der Waals surface area contributed by atoms with E-state index in [0.717, 1.165) is 48.6 Å². The normalized spacial score (nSPS) is 29.8. The molecule has 0 spiro atoms. The predicted octanol–water partition coefficient (Wildman–Crippen LogP) is 2.44. The van der Waals surface area contributed by atoms with Gasteiger partial charge in [0.1, 0.15) is 5.76 Å². The third-order valence-corrected chi connectivity index (χ3v) is 7.80. The van der Waals surface area contributed by atoms with Crippen molar-refractivity contribution in [3.63, 3.8) is 0 Å². The standard InChI is InChI=1S/C25H32N4O5/c1-31-20-11-16-21(14(24(20)32-2)6-9-29-7-4-3-5-8-29)25(30)26-22-15-10-18-19(34-13-33-18)12-17(15)27-28-23(16)22/h10-12,14,21-23,27-28H,3-9,13H2,1-2H3,(H,26,30). The molecule has 0 aromatic heterocycles. The van der Waals surface area contributed by atoms with Gasteiger partial charge in [0.25, 0.3) is 0 Å². The van der Waals surface area contributed by atoms with Crippen LogP contribution in [0, 0.1) is 11.8 Å². The lowest BCUT2D eigenvalue weighted by molar-refractivity contribution is -0.128. The SMILES string of the molecule is COC1=C(OC)C(CCN2CCCCC2)C2C(=O)NC3c4cc5c(cc4NNC3C2=C1)OCO5. The minimum atomic E-state index is -0.315. The quantitative estimate of drug-likeness (QED) is 0.607. The van der Waals surface area contributed by atoms with Crippen LogP contribution < -0.4 is 25.6 Å². The highest BCUT2D eigenvalue weighted by molar-refractivity contribution is 5.86.